The van der Waals surface area contributed by atoms with Gasteiger partial charge in [-0.1, -0.05) is 11.6 Å². The number of rotatable bonds is 6. The van der Waals surface area contributed by atoms with Gasteiger partial charge in [-0.15, -0.1) is 11.3 Å². The van der Waals surface area contributed by atoms with Crippen LogP contribution in [0.25, 0.3) is 0 Å². The van der Waals surface area contributed by atoms with E-state index in [1.165, 1.54) is 4.88 Å². The molecule has 2 atom stereocenters. The molecule has 2 unspecified atom stereocenters. The van der Waals surface area contributed by atoms with Crippen molar-refractivity contribution in [2.75, 3.05) is 13.7 Å². The zero-order valence-corrected chi connectivity index (χ0v) is 11.0. The zero-order valence-electron chi connectivity index (χ0n) is 9.42. The number of thiophene rings is 1. The summed E-state index contributed by atoms with van der Waals surface area (Å²) in [5, 5.41) is 3.28. The molecule has 0 saturated carbocycles. The van der Waals surface area contributed by atoms with Crippen molar-refractivity contribution in [1.29, 1.82) is 0 Å². The van der Waals surface area contributed by atoms with E-state index in [-0.39, 0.29) is 6.10 Å². The minimum atomic E-state index is 0.223. The highest BCUT2D eigenvalue weighted by molar-refractivity contribution is 7.16. The van der Waals surface area contributed by atoms with Gasteiger partial charge in [-0.3, -0.25) is 0 Å². The first kappa shape index (κ1) is 13.0. The lowest BCUT2D eigenvalue weighted by Gasteiger charge is -2.22. The normalized spacial score (nSPS) is 15.2. The van der Waals surface area contributed by atoms with E-state index in [1.54, 1.807) is 11.3 Å². The van der Waals surface area contributed by atoms with Crippen molar-refractivity contribution in [3.63, 3.8) is 0 Å². The number of hydrogen-bond donors (Lipinski definition) is 1. The van der Waals surface area contributed by atoms with E-state index in [2.05, 4.69) is 18.3 Å². The quantitative estimate of drug-likeness (QED) is 0.835. The molecule has 86 valence electrons. The fourth-order valence-electron chi connectivity index (χ4n) is 1.56. The standard InChI is InChI=1S/C11H18ClNOS/c1-4-14-8(2)10(13-3)7-9-5-6-11(12)15-9/h5-6,8,10,13H,4,7H2,1-3H3. The Morgan fingerprint density at radius 1 is 1.53 bits per heavy atom. The van der Waals surface area contributed by atoms with E-state index in [1.807, 2.05) is 20.0 Å². The van der Waals surface area contributed by atoms with Crippen molar-refractivity contribution in [1.82, 2.24) is 5.32 Å². The van der Waals surface area contributed by atoms with Crippen molar-refractivity contribution in [2.24, 2.45) is 0 Å². The smallest absolute Gasteiger partial charge is 0.0931 e. The molecular weight excluding hydrogens is 230 g/mol. The fourth-order valence-corrected chi connectivity index (χ4v) is 2.71. The maximum Gasteiger partial charge on any atom is 0.0931 e. The Hall–Kier alpha value is -0.0900. The van der Waals surface area contributed by atoms with Crippen molar-refractivity contribution >= 4 is 22.9 Å². The van der Waals surface area contributed by atoms with Crippen LogP contribution in [0, 0.1) is 0 Å². The molecule has 15 heavy (non-hydrogen) atoms. The van der Waals surface area contributed by atoms with Crippen molar-refractivity contribution in [3.8, 4) is 0 Å². The first-order valence-corrected chi connectivity index (χ1v) is 6.40. The Morgan fingerprint density at radius 2 is 2.27 bits per heavy atom. The molecule has 0 fully saturated rings. The van der Waals surface area contributed by atoms with Crippen LogP contribution < -0.4 is 5.32 Å². The molecule has 1 heterocycles. The first-order valence-electron chi connectivity index (χ1n) is 5.20. The SMILES string of the molecule is CCOC(C)C(Cc1ccc(Cl)s1)NC. The van der Waals surface area contributed by atoms with E-state index in [0.29, 0.717) is 6.04 Å². The molecule has 0 aromatic carbocycles. The van der Waals surface area contributed by atoms with Gasteiger partial charge < -0.3 is 10.1 Å². The second-order valence-electron chi connectivity index (χ2n) is 3.47. The van der Waals surface area contributed by atoms with Gasteiger partial charge in [0, 0.05) is 17.5 Å². The number of ether oxygens (including phenoxy) is 1. The Kier molecular flexibility index (Phi) is 5.61. The van der Waals surface area contributed by atoms with Gasteiger partial charge in [-0.2, -0.15) is 0 Å². The molecule has 0 saturated heterocycles. The summed E-state index contributed by atoms with van der Waals surface area (Å²) in [5.74, 6) is 0. The molecule has 0 bridgehead atoms. The number of nitrogens with one attached hydrogen (secondary N) is 1. The van der Waals surface area contributed by atoms with E-state index in [9.17, 15) is 0 Å². The van der Waals surface area contributed by atoms with Crippen LogP contribution in [-0.2, 0) is 11.2 Å². The van der Waals surface area contributed by atoms with E-state index >= 15 is 0 Å². The highest BCUT2D eigenvalue weighted by atomic mass is 35.5. The van der Waals surface area contributed by atoms with Gasteiger partial charge in [-0.05, 0) is 39.4 Å². The third-order valence-corrected chi connectivity index (χ3v) is 3.67. The highest BCUT2D eigenvalue weighted by Crippen LogP contribution is 2.23. The lowest BCUT2D eigenvalue weighted by molar-refractivity contribution is 0.0499. The average molecular weight is 248 g/mol. The summed E-state index contributed by atoms with van der Waals surface area (Å²) in [6.07, 6.45) is 1.19. The highest BCUT2D eigenvalue weighted by Gasteiger charge is 2.16. The molecule has 4 heteroatoms. The molecule has 0 amide bonds. The maximum absolute atomic E-state index is 5.89. The summed E-state index contributed by atoms with van der Waals surface area (Å²) < 4.78 is 6.43. The molecule has 0 aliphatic rings. The van der Waals surface area contributed by atoms with Crippen molar-refractivity contribution in [2.45, 2.75) is 32.4 Å². The summed E-state index contributed by atoms with van der Waals surface area (Å²) in [4.78, 5) is 1.30. The molecule has 1 N–H and O–H groups in total. The van der Waals surface area contributed by atoms with Crippen LogP contribution in [-0.4, -0.2) is 25.8 Å². The summed E-state index contributed by atoms with van der Waals surface area (Å²) in [5.41, 5.74) is 0. The second-order valence-corrected chi connectivity index (χ2v) is 5.27. The Balaban J connectivity index is 2.53. The van der Waals surface area contributed by atoms with Gasteiger partial charge in [0.2, 0.25) is 0 Å². The Bertz CT molecular complexity index is 290. The van der Waals surface area contributed by atoms with Crippen LogP contribution in [0.3, 0.4) is 0 Å². The van der Waals surface area contributed by atoms with Gasteiger partial charge in [0.1, 0.15) is 0 Å². The predicted molar refractivity (Wildman–Crippen MR) is 67.0 cm³/mol. The Labute approximate surface area is 101 Å². The molecule has 1 aromatic heterocycles. The lowest BCUT2D eigenvalue weighted by atomic mass is 10.1. The van der Waals surface area contributed by atoms with Crippen LogP contribution >= 0.6 is 22.9 Å². The summed E-state index contributed by atoms with van der Waals surface area (Å²) in [7, 11) is 1.97. The van der Waals surface area contributed by atoms with Crippen LogP contribution in [0.15, 0.2) is 12.1 Å². The van der Waals surface area contributed by atoms with Gasteiger partial charge in [0.25, 0.3) is 0 Å². The maximum atomic E-state index is 5.89. The topological polar surface area (TPSA) is 21.3 Å². The van der Waals surface area contributed by atoms with Crippen LogP contribution in [0.2, 0.25) is 4.34 Å². The minimum absolute atomic E-state index is 0.223. The zero-order chi connectivity index (χ0) is 11.3. The fraction of sp³-hybridized carbons (Fsp3) is 0.636. The lowest BCUT2D eigenvalue weighted by Crippen LogP contribution is -2.39. The second kappa shape index (κ2) is 6.48. The van der Waals surface area contributed by atoms with E-state index in [4.69, 9.17) is 16.3 Å². The molecule has 1 aromatic rings. The van der Waals surface area contributed by atoms with Gasteiger partial charge in [0.15, 0.2) is 0 Å². The minimum Gasteiger partial charge on any atom is -0.377 e. The summed E-state index contributed by atoms with van der Waals surface area (Å²) >= 11 is 7.53. The number of likely N-dealkylation sites (N-methyl/N-ethyl adjacent to an activating group) is 1. The third-order valence-electron chi connectivity index (χ3n) is 2.42. The van der Waals surface area contributed by atoms with Crippen molar-refractivity contribution < 1.29 is 4.74 Å². The monoisotopic (exact) mass is 247 g/mol. The first-order chi connectivity index (χ1) is 7.17. The van der Waals surface area contributed by atoms with Crippen LogP contribution in [0.5, 0.6) is 0 Å². The molecule has 0 aliphatic carbocycles. The van der Waals surface area contributed by atoms with E-state index in [0.717, 1.165) is 17.4 Å². The van der Waals surface area contributed by atoms with Crippen molar-refractivity contribution in [3.05, 3.63) is 21.3 Å². The van der Waals surface area contributed by atoms with E-state index < -0.39 is 0 Å². The summed E-state index contributed by atoms with van der Waals surface area (Å²) in [6.45, 7) is 4.87. The third kappa shape index (κ3) is 4.11. The Morgan fingerprint density at radius 3 is 2.73 bits per heavy atom. The largest absolute Gasteiger partial charge is 0.377 e. The molecule has 1 rings (SSSR count). The molecule has 0 spiro atoms. The van der Waals surface area contributed by atoms with Gasteiger partial charge in [0.05, 0.1) is 10.4 Å². The number of hydrogen-bond acceptors (Lipinski definition) is 3. The molecule has 0 aliphatic heterocycles. The van der Waals surface area contributed by atoms with Crippen LogP contribution in [0.4, 0.5) is 0 Å². The summed E-state index contributed by atoms with van der Waals surface area (Å²) in [6, 6.07) is 4.37. The molecule has 0 radical (unpaired) electrons. The van der Waals surface area contributed by atoms with Crippen LogP contribution in [0.1, 0.15) is 18.7 Å². The molecular formula is C11H18ClNOS. The van der Waals surface area contributed by atoms with Gasteiger partial charge in [-0.25, -0.2) is 0 Å². The van der Waals surface area contributed by atoms with Gasteiger partial charge >= 0.3 is 0 Å². The average Bonchev–Trinajstić information content (AvgIpc) is 2.61. The molecule has 2 nitrogen and oxygen atoms in total. The predicted octanol–water partition coefficient (Wildman–Crippen LogP) is 2.96. The number of halogens is 1.